The average molecular weight is 448 g/mol. The molecule has 1 aliphatic heterocycles. The van der Waals surface area contributed by atoms with Gasteiger partial charge in [0.2, 0.25) is 0 Å². The van der Waals surface area contributed by atoms with Crippen molar-refractivity contribution in [3.05, 3.63) is 78.3 Å². The first kappa shape index (κ1) is 22.3. The maximum Gasteiger partial charge on any atom is 0.291 e. The number of carbonyl (C=O) groups is 1. The van der Waals surface area contributed by atoms with E-state index >= 15 is 0 Å². The zero-order valence-corrected chi connectivity index (χ0v) is 19.0. The van der Waals surface area contributed by atoms with E-state index in [-0.39, 0.29) is 11.7 Å². The third-order valence-corrected chi connectivity index (χ3v) is 5.62. The van der Waals surface area contributed by atoms with E-state index in [1.807, 2.05) is 49.5 Å². The first-order chi connectivity index (χ1) is 16.2. The fourth-order valence-electron chi connectivity index (χ4n) is 3.87. The number of anilines is 2. The van der Waals surface area contributed by atoms with Crippen LogP contribution in [-0.2, 0) is 6.54 Å². The van der Waals surface area contributed by atoms with Crippen LogP contribution in [0.1, 0.15) is 16.1 Å². The average Bonchev–Trinajstić information content (AvgIpc) is 3.41. The summed E-state index contributed by atoms with van der Waals surface area (Å²) in [5.74, 6) is 1.80. The lowest BCUT2D eigenvalue weighted by atomic mass is 10.2. The molecule has 172 valence electrons. The van der Waals surface area contributed by atoms with Crippen molar-refractivity contribution >= 4 is 23.2 Å². The minimum atomic E-state index is -0.265. The molecule has 2 N–H and O–H groups in total. The van der Waals surface area contributed by atoms with Gasteiger partial charge in [-0.3, -0.25) is 9.79 Å². The normalized spacial score (nSPS) is 14.2. The molecule has 0 spiro atoms. The highest BCUT2D eigenvalue weighted by Crippen LogP contribution is 2.28. The summed E-state index contributed by atoms with van der Waals surface area (Å²) in [6, 6.07) is 19.2. The van der Waals surface area contributed by atoms with E-state index < -0.39 is 0 Å². The number of ether oxygens (including phenoxy) is 1. The molecule has 0 bridgehead atoms. The van der Waals surface area contributed by atoms with Gasteiger partial charge in [-0.25, -0.2) is 0 Å². The van der Waals surface area contributed by atoms with E-state index in [0.29, 0.717) is 6.54 Å². The summed E-state index contributed by atoms with van der Waals surface area (Å²) < 4.78 is 10.6. The Balaban J connectivity index is 1.28. The van der Waals surface area contributed by atoms with Gasteiger partial charge in [0, 0.05) is 45.5 Å². The van der Waals surface area contributed by atoms with Crippen LogP contribution >= 0.6 is 0 Å². The molecule has 1 saturated heterocycles. The quantitative estimate of drug-likeness (QED) is 0.445. The van der Waals surface area contributed by atoms with Crippen molar-refractivity contribution in [2.75, 3.05) is 50.6 Å². The molecule has 0 unspecified atom stereocenters. The van der Waals surface area contributed by atoms with Crippen molar-refractivity contribution in [3.8, 4) is 5.75 Å². The topological polar surface area (TPSA) is 82.3 Å². The first-order valence-electron chi connectivity index (χ1n) is 11.0. The molecule has 2 heterocycles. The number of benzene rings is 2. The molecule has 1 aromatic heterocycles. The van der Waals surface area contributed by atoms with Gasteiger partial charge < -0.3 is 29.6 Å². The highest BCUT2D eigenvalue weighted by atomic mass is 16.5. The van der Waals surface area contributed by atoms with Crippen LogP contribution < -0.4 is 20.3 Å². The molecule has 4 rings (SSSR count). The Kier molecular flexibility index (Phi) is 7.14. The zero-order chi connectivity index (χ0) is 23.0. The van der Waals surface area contributed by atoms with Crippen molar-refractivity contribution in [2.24, 2.45) is 4.99 Å². The largest absolute Gasteiger partial charge is 0.495 e. The summed E-state index contributed by atoms with van der Waals surface area (Å²) >= 11 is 0. The first-order valence-corrected chi connectivity index (χ1v) is 11.0. The van der Waals surface area contributed by atoms with Crippen molar-refractivity contribution in [1.29, 1.82) is 0 Å². The lowest BCUT2D eigenvalue weighted by molar-refractivity contribution is 0.0996. The predicted octanol–water partition coefficient (Wildman–Crippen LogP) is 3.44. The number of rotatable bonds is 6. The van der Waals surface area contributed by atoms with E-state index in [1.54, 1.807) is 19.2 Å². The van der Waals surface area contributed by atoms with Gasteiger partial charge in [0.05, 0.1) is 19.1 Å². The second kappa shape index (κ2) is 10.6. The Morgan fingerprint density at radius 2 is 1.79 bits per heavy atom. The van der Waals surface area contributed by atoms with E-state index in [4.69, 9.17) is 9.15 Å². The molecule has 0 aliphatic carbocycles. The van der Waals surface area contributed by atoms with Crippen LogP contribution in [0.3, 0.4) is 0 Å². The number of hydrogen-bond acceptors (Lipinski definition) is 5. The van der Waals surface area contributed by atoms with Crippen LogP contribution in [0.25, 0.3) is 0 Å². The Morgan fingerprint density at radius 1 is 1.03 bits per heavy atom. The highest BCUT2D eigenvalue weighted by Gasteiger charge is 2.21. The lowest BCUT2D eigenvalue weighted by Crippen LogP contribution is -2.52. The number of aliphatic imine (C=N–C) groups is 1. The molecule has 1 aliphatic rings. The number of hydrogen-bond donors (Lipinski definition) is 2. The summed E-state index contributed by atoms with van der Waals surface area (Å²) in [5, 5.41) is 6.27. The molecule has 0 saturated carbocycles. The predicted molar refractivity (Wildman–Crippen MR) is 130 cm³/mol. The van der Waals surface area contributed by atoms with E-state index in [1.165, 1.54) is 6.26 Å². The molecule has 33 heavy (non-hydrogen) atoms. The fourth-order valence-corrected chi connectivity index (χ4v) is 3.87. The fraction of sp³-hybridized carbons (Fsp3) is 0.280. The van der Waals surface area contributed by atoms with Gasteiger partial charge in [0.25, 0.3) is 5.91 Å². The Bertz CT molecular complexity index is 1070. The molecule has 1 fully saturated rings. The van der Waals surface area contributed by atoms with Crippen LogP contribution in [0.4, 0.5) is 11.4 Å². The van der Waals surface area contributed by atoms with E-state index in [9.17, 15) is 4.79 Å². The molecular weight excluding hydrogens is 418 g/mol. The Morgan fingerprint density at radius 3 is 2.45 bits per heavy atom. The van der Waals surface area contributed by atoms with E-state index in [2.05, 4.69) is 31.5 Å². The number of nitrogens with one attached hydrogen (secondary N) is 2. The van der Waals surface area contributed by atoms with Gasteiger partial charge in [-0.2, -0.15) is 0 Å². The summed E-state index contributed by atoms with van der Waals surface area (Å²) in [6.07, 6.45) is 1.48. The minimum Gasteiger partial charge on any atom is -0.495 e. The van der Waals surface area contributed by atoms with Gasteiger partial charge >= 0.3 is 0 Å². The molecule has 8 nitrogen and oxygen atoms in total. The zero-order valence-electron chi connectivity index (χ0n) is 19.0. The third-order valence-electron chi connectivity index (χ3n) is 5.62. The Labute approximate surface area is 193 Å². The number of para-hydroxylation sites is 2. The van der Waals surface area contributed by atoms with Crippen LogP contribution in [0.15, 0.2) is 76.3 Å². The van der Waals surface area contributed by atoms with Crippen molar-refractivity contribution in [3.63, 3.8) is 0 Å². The maximum absolute atomic E-state index is 12.1. The van der Waals surface area contributed by atoms with Crippen LogP contribution in [0.5, 0.6) is 5.75 Å². The van der Waals surface area contributed by atoms with Gasteiger partial charge in [0.1, 0.15) is 5.75 Å². The van der Waals surface area contributed by atoms with Gasteiger partial charge in [-0.1, -0.05) is 24.3 Å². The highest BCUT2D eigenvalue weighted by molar-refractivity contribution is 6.02. The summed E-state index contributed by atoms with van der Waals surface area (Å²) in [7, 11) is 3.52. The molecular formula is C25H29N5O3. The Hall–Kier alpha value is -3.94. The van der Waals surface area contributed by atoms with Crippen LogP contribution in [-0.4, -0.2) is 57.1 Å². The standard InChI is InChI=1S/C25H29N5O3/c1-26-25(30-15-13-29(14-16-30)21-6-3-4-7-22(21)32-2)27-18-19-9-11-20(12-10-19)28-24(31)23-8-5-17-33-23/h3-12,17H,13-16,18H2,1-2H3,(H,26,27)(H,28,31). The molecule has 2 aromatic carbocycles. The van der Waals surface area contributed by atoms with E-state index in [0.717, 1.165) is 54.8 Å². The van der Waals surface area contributed by atoms with Crippen molar-refractivity contribution in [2.45, 2.75) is 6.54 Å². The van der Waals surface area contributed by atoms with Gasteiger partial charge in [-0.15, -0.1) is 0 Å². The molecule has 0 atom stereocenters. The number of piperazine rings is 1. The summed E-state index contributed by atoms with van der Waals surface area (Å²) in [5.41, 5.74) is 2.94. The number of methoxy groups -OCH3 is 1. The maximum atomic E-state index is 12.1. The number of guanidine groups is 1. The second-order valence-electron chi connectivity index (χ2n) is 7.68. The van der Waals surface area contributed by atoms with Crippen LogP contribution in [0, 0.1) is 0 Å². The number of furan rings is 1. The van der Waals surface area contributed by atoms with Gasteiger partial charge in [-0.05, 0) is 42.0 Å². The smallest absolute Gasteiger partial charge is 0.291 e. The monoisotopic (exact) mass is 447 g/mol. The molecule has 8 heteroatoms. The molecule has 1 amide bonds. The van der Waals surface area contributed by atoms with Crippen LogP contribution in [0.2, 0.25) is 0 Å². The van der Waals surface area contributed by atoms with Crippen molar-refractivity contribution in [1.82, 2.24) is 10.2 Å². The number of carbonyl (C=O) groups excluding carboxylic acids is 1. The second-order valence-corrected chi connectivity index (χ2v) is 7.68. The number of nitrogens with zero attached hydrogens (tertiary/aromatic N) is 3. The van der Waals surface area contributed by atoms with Crippen molar-refractivity contribution < 1.29 is 13.9 Å². The summed E-state index contributed by atoms with van der Waals surface area (Å²) in [4.78, 5) is 21.2. The lowest BCUT2D eigenvalue weighted by Gasteiger charge is -2.38. The minimum absolute atomic E-state index is 0.265. The SMILES string of the molecule is CN=C(NCc1ccc(NC(=O)c2ccco2)cc1)N1CCN(c2ccccc2OC)CC1. The van der Waals surface area contributed by atoms with Gasteiger partial charge in [0.15, 0.2) is 11.7 Å². The summed E-state index contributed by atoms with van der Waals surface area (Å²) in [6.45, 7) is 4.17. The third kappa shape index (κ3) is 5.46. The molecule has 3 aromatic rings. The number of amides is 1. The molecule has 0 radical (unpaired) electrons.